The summed E-state index contributed by atoms with van der Waals surface area (Å²) in [5, 5.41) is 3.74. The number of carbonyl (C=O) groups excluding carboxylic acids is 1. The fourth-order valence-electron chi connectivity index (χ4n) is 3.51. The zero-order valence-corrected chi connectivity index (χ0v) is 14.9. The molecule has 2 fully saturated rings. The van der Waals surface area contributed by atoms with Crippen molar-refractivity contribution in [2.24, 2.45) is 5.92 Å². The van der Waals surface area contributed by atoms with E-state index in [-0.39, 0.29) is 6.09 Å². The molecule has 0 aromatic heterocycles. The van der Waals surface area contributed by atoms with Crippen LogP contribution in [0.3, 0.4) is 0 Å². The molecule has 22 heavy (non-hydrogen) atoms. The Morgan fingerprint density at radius 2 is 1.95 bits per heavy atom. The van der Waals surface area contributed by atoms with E-state index in [2.05, 4.69) is 24.2 Å². The summed E-state index contributed by atoms with van der Waals surface area (Å²) in [7, 11) is 2.21. The maximum Gasteiger partial charge on any atom is 0.410 e. The van der Waals surface area contributed by atoms with E-state index in [0.29, 0.717) is 18.0 Å². The van der Waals surface area contributed by atoms with Gasteiger partial charge in [0, 0.05) is 31.7 Å². The number of likely N-dealkylation sites (tertiary alicyclic amines) is 2. The molecule has 0 spiro atoms. The molecule has 2 aliphatic heterocycles. The molecule has 2 rings (SSSR count). The van der Waals surface area contributed by atoms with E-state index in [4.69, 9.17) is 4.74 Å². The molecule has 0 aromatic rings. The van der Waals surface area contributed by atoms with Crippen LogP contribution in [0.2, 0.25) is 0 Å². The predicted octanol–water partition coefficient (Wildman–Crippen LogP) is 2.32. The van der Waals surface area contributed by atoms with Crippen molar-refractivity contribution in [1.82, 2.24) is 15.1 Å². The van der Waals surface area contributed by atoms with E-state index in [0.717, 1.165) is 19.5 Å². The quantitative estimate of drug-likeness (QED) is 0.869. The first-order valence-corrected chi connectivity index (χ1v) is 8.67. The number of amides is 1. The summed E-state index contributed by atoms with van der Waals surface area (Å²) in [5.74, 6) is 0.717. The standard InChI is InChI=1S/C17H33N3O2/c1-13(14-7-6-9-19(5)11-14)18-15-8-10-20(12-15)16(21)22-17(2,3)4/h13-15,18H,6-12H2,1-5H3. The van der Waals surface area contributed by atoms with Crippen LogP contribution in [0, 0.1) is 5.92 Å². The average molecular weight is 311 g/mol. The van der Waals surface area contributed by atoms with Gasteiger partial charge in [0.05, 0.1) is 0 Å². The molecule has 128 valence electrons. The van der Waals surface area contributed by atoms with E-state index in [1.807, 2.05) is 25.7 Å². The summed E-state index contributed by atoms with van der Waals surface area (Å²) < 4.78 is 5.46. The normalized spacial score (nSPS) is 28.7. The molecule has 0 aliphatic carbocycles. The second kappa shape index (κ2) is 7.18. The number of rotatable bonds is 3. The Morgan fingerprint density at radius 1 is 1.23 bits per heavy atom. The molecule has 0 bridgehead atoms. The molecule has 2 aliphatic rings. The van der Waals surface area contributed by atoms with Crippen LogP contribution in [0.25, 0.3) is 0 Å². The van der Waals surface area contributed by atoms with Gasteiger partial charge in [0.15, 0.2) is 0 Å². The van der Waals surface area contributed by atoms with E-state index in [1.54, 1.807) is 0 Å². The highest BCUT2D eigenvalue weighted by Crippen LogP contribution is 2.21. The summed E-state index contributed by atoms with van der Waals surface area (Å²) >= 11 is 0. The summed E-state index contributed by atoms with van der Waals surface area (Å²) in [6.45, 7) is 12.0. The van der Waals surface area contributed by atoms with Gasteiger partial charge in [0.1, 0.15) is 5.60 Å². The van der Waals surface area contributed by atoms with Crippen molar-refractivity contribution in [3.8, 4) is 0 Å². The number of nitrogens with zero attached hydrogens (tertiary/aromatic N) is 2. The lowest BCUT2D eigenvalue weighted by atomic mass is 9.91. The molecule has 2 saturated heterocycles. The zero-order chi connectivity index (χ0) is 16.3. The van der Waals surface area contributed by atoms with Gasteiger partial charge < -0.3 is 19.9 Å². The van der Waals surface area contributed by atoms with Crippen LogP contribution in [-0.2, 0) is 4.74 Å². The second-order valence-corrected chi connectivity index (χ2v) is 8.03. The molecule has 0 aromatic carbocycles. The lowest BCUT2D eigenvalue weighted by Crippen LogP contribution is -2.47. The third kappa shape index (κ3) is 5.13. The molecule has 5 heteroatoms. The first-order valence-electron chi connectivity index (χ1n) is 8.67. The summed E-state index contributed by atoms with van der Waals surface area (Å²) in [6.07, 6.45) is 3.44. The third-order valence-corrected chi connectivity index (χ3v) is 4.71. The summed E-state index contributed by atoms with van der Waals surface area (Å²) in [6, 6.07) is 0.904. The second-order valence-electron chi connectivity index (χ2n) is 8.03. The highest BCUT2D eigenvalue weighted by atomic mass is 16.6. The maximum absolute atomic E-state index is 12.1. The van der Waals surface area contributed by atoms with Crippen LogP contribution >= 0.6 is 0 Å². The van der Waals surface area contributed by atoms with Crippen molar-refractivity contribution in [2.45, 2.75) is 64.6 Å². The summed E-state index contributed by atoms with van der Waals surface area (Å²) in [4.78, 5) is 16.4. The van der Waals surface area contributed by atoms with Gasteiger partial charge in [-0.3, -0.25) is 0 Å². The zero-order valence-electron chi connectivity index (χ0n) is 14.9. The SMILES string of the molecule is CC(NC1CCN(C(=O)OC(C)(C)C)C1)C1CCCN(C)C1. The van der Waals surface area contributed by atoms with Crippen molar-refractivity contribution in [1.29, 1.82) is 0 Å². The number of piperidine rings is 1. The number of hydrogen-bond donors (Lipinski definition) is 1. The fraction of sp³-hybridized carbons (Fsp3) is 0.941. The molecular formula is C17H33N3O2. The first kappa shape index (κ1) is 17.5. The van der Waals surface area contributed by atoms with Crippen LogP contribution in [0.15, 0.2) is 0 Å². The minimum Gasteiger partial charge on any atom is -0.444 e. The van der Waals surface area contributed by atoms with Gasteiger partial charge in [-0.2, -0.15) is 0 Å². The first-order chi connectivity index (χ1) is 10.2. The number of nitrogens with one attached hydrogen (secondary N) is 1. The lowest BCUT2D eigenvalue weighted by Gasteiger charge is -2.35. The van der Waals surface area contributed by atoms with Crippen molar-refractivity contribution < 1.29 is 9.53 Å². The minimum absolute atomic E-state index is 0.179. The molecule has 5 nitrogen and oxygen atoms in total. The Labute approximate surface area is 135 Å². The predicted molar refractivity (Wildman–Crippen MR) is 89.0 cm³/mol. The highest BCUT2D eigenvalue weighted by Gasteiger charge is 2.32. The Bertz CT molecular complexity index is 381. The van der Waals surface area contributed by atoms with Crippen LogP contribution in [0.4, 0.5) is 4.79 Å². The Hall–Kier alpha value is -0.810. The number of hydrogen-bond acceptors (Lipinski definition) is 4. The van der Waals surface area contributed by atoms with Crippen LogP contribution in [0.1, 0.15) is 47.0 Å². The molecular weight excluding hydrogens is 278 g/mol. The van der Waals surface area contributed by atoms with Gasteiger partial charge in [-0.1, -0.05) is 0 Å². The Morgan fingerprint density at radius 3 is 2.59 bits per heavy atom. The number of carbonyl (C=O) groups is 1. The van der Waals surface area contributed by atoms with Crippen LogP contribution in [0.5, 0.6) is 0 Å². The van der Waals surface area contributed by atoms with Crippen molar-refractivity contribution in [3.05, 3.63) is 0 Å². The Balaban J connectivity index is 1.77. The molecule has 0 radical (unpaired) electrons. The third-order valence-electron chi connectivity index (χ3n) is 4.71. The molecule has 3 atom stereocenters. The minimum atomic E-state index is -0.414. The summed E-state index contributed by atoms with van der Waals surface area (Å²) in [5.41, 5.74) is -0.414. The average Bonchev–Trinajstić information content (AvgIpc) is 2.85. The van der Waals surface area contributed by atoms with Crippen LogP contribution in [-0.4, -0.2) is 66.8 Å². The Kier molecular flexibility index (Phi) is 5.72. The highest BCUT2D eigenvalue weighted by molar-refractivity contribution is 5.68. The van der Waals surface area contributed by atoms with Gasteiger partial charge in [-0.15, -0.1) is 0 Å². The van der Waals surface area contributed by atoms with Gasteiger partial charge in [0.2, 0.25) is 0 Å². The molecule has 2 heterocycles. The van der Waals surface area contributed by atoms with Crippen molar-refractivity contribution >= 4 is 6.09 Å². The van der Waals surface area contributed by atoms with Crippen molar-refractivity contribution in [2.75, 3.05) is 33.2 Å². The van der Waals surface area contributed by atoms with E-state index in [9.17, 15) is 4.79 Å². The largest absolute Gasteiger partial charge is 0.444 e. The molecule has 1 N–H and O–H groups in total. The smallest absolute Gasteiger partial charge is 0.410 e. The van der Waals surface area contributed by atoms with Gasteiger partial charge >= 0.3 is 6.09 Å². The lowest BCUT2D eigenvalue weighted by molar-refractivity contribution is 0.0289. The van der Waals surface area contributed by atoms with Gasteiger partial charge in [-0.05, 0) is 66.5 Å². The van der Waals surface area contributed by atoms with Gasteiger partial charge in [-0.25, -0.2) is 4.79 Å². The monoisotopic (exact) mass is 311 g/mol. The topological polar surface area (TPSA) is 44.8 Å². The van der Waals surface area contributed by atoms with E-state index in [1.165, 1.54) is 25.9 Å². The van der Waals surface area contributed by atoms with Gasteiger partial charge in [0.25, 0.3) is 0 Å². The molecule has 0 saturated carbocycles. The maximum atomic E-state index is 12.1. The molecule has 1 amide bonds. The van der Waals surface area contributed by atoms with E-state index >= 15 is 0 Å². The number of ether oxygens (including phenoxy) is 1. The molecule has 3 unspecified atom stereocenters. The van der Waals surface area contributed by atoms with Crippen LogP contribution < -0.4 is 5.32 Å². The fourth-order valence-corrected chi connectivity index (χ4v) is 3.51. The van der Waals surface area contributed by atoms with Crippen molar-refractivity contribution in [3.63, 3.8) is 0 Å². The van der Waals surface area contributed by atoms with E-state index < -0.39 is 5.60 Å².